The summed E-state index contributed by atoms with van der Waals surface area (Å²) in [5.74, 6) is -0.0395. The van der Waals surface area contributed by atoms with Crippen molar-refractivity contribution in [2.75, 3.05) is 0 Å². The molecule has 0 saturated heterocycles. The fourth-order valence-electron chi connectivity index (χ4n) is 1.79. The van der Waals surface area contributed by atoms with Crippen LogP contribution in [0.2, 0.25) is 0 Å². The Morgan fingerprint density at radius 3 is 2.50 bits per heavy atom. The van der Waals surface area contributed by atoms with Crippen LogP contribution in [0.5, 0.6) is 5.75 Å². The molecule has 0 unspecified atom stereocenters. The Balaban J connectivity index is 3.31. The van der Waals surface area contributed by atoms with Crippen LogP contribution in [-0.2, 0) is 6.42 Å². The van der Waals surface area contributed by atoms with Crippen LogP contribution in [0.25, 0.3) is 0 Å². The molecule has 0 heterocycles. The van der Waals surface area contributed by atoms with Gasteiger partial charge in [-0.25, -0.2) is 0 Å². The highest BCUT2D eigenvalue weighted by molar-refractivity contribution is 5.97. The Kier molecular flexibility index (Phi) is 3.99. The van der Waals surface area contributed by atoms with Gasteiger partial charge in [0, 0.05) is 11.1 Å². The number of ketones is 1. The molecule has 1 rings (SSSR count). The third kappa shape index (κ3) is 2.56. The second kappa shape index (κ2) is 5.05. The number of carbonyl (C=O) groups excluding carboxylic acids is 1. The lowest BCUT2D eigenvalue weighted by Gasteiger charge is -2.14. The van der Waals surface area contributed by atoms with Gasteiger partial charge in [0.2, 0.25) is 0 Å². The predicted molar refractivity (Wildman–Crippen MR) is 57.2 cm³/mol. The Labute approximate surface area is 93.2 Å². The minimum atomic E-state index is -2.87. The molecule has 0 spiro atoms. The van der Waals surface area contributed by atoms with E-state index in [4.69, 9.17) is 0 Å². The van der Waals surface area contributed by atoms with Gasteiger partial charge in [-0.1, -0.05) is 13.0 Å². The van der Waals surface area contributed by atoms with Crippen molar-refractivity contribution in [1.82, 2.24) is 0 Å². The van der Waals surface area contributed by atoms with Crippen LogP contribution in [0.3, 0.4) is 0 Å². The molecule has 4 heteroatoms. The number of halogens is 2. The Hall–Kier alpha value is -1.45. The van der Waals surface area contributed by atoms with E-state index in [1.807, 2.05) is 0 Å². The van der Waals surface area contributed by atoms with Gasteiger partial charge in [-0.15, -0.1) is 0 Å². The number of rotatable bonds is 4. The van der Waals surface area contributed by atoms with Crippen LogP contribution in [0.15, 0.2) is 12.1 Å². The molecule has 0 aliphatic heterocycles. The molecule has 0 aliphatic carbocycles. The zero-order valence-electron chi connectivity index (χ0n) is 9.51. The quantitative estimate of drug-likeness (QED) is 0.738. The zero-order chi connectivity index (χ0) is 12.3. The second-order valence-corrected chi connectivity index (χ2v) is 3.52. The number of hydrogen-bond donors (Lipinski definition) is 0. The topological polar surface area (TPSA) is 26.3 Å². The van der Waals surface area contributed by atoms with Crippen LogP contribution >= 0.6 is 0 Å². The molecule has 2 nitrogen and oxygen atoms in total. The summed E-state index contributed by atoms with van der Waals surface area (Å²) in [6.07, 6.45) is 0.485. The van der Waals surface area contributed by atoms with E-state index in [1.165, 1.54) is 13.0 Å². The lowest BCUT2D eigenvalue weighted by molar-refractivity contribution is -0.0504. The molecule has 0 fully saturated rings. The highest BCUT2D eigenvalue weighted by atomic mass is 19.3. The smallest absolute Gasteiger partial charge is 0.387 e. The molecule has 0 atom stereocenters. The van der Waals surface area contributed by atoms with E-state index in [2.05, 4.69) is 4.74 Å². The van der Waals surface area contributed by atoms with Gasteiger partial charge >= 0.3 is 6.61 Å². The van der Waals surface area contributed by atoms with E-state index in [1.54, 1.807) is 19.9 Å². The fraction of sp³-hybridized carbons (Fsp3) is 0.417. The average Bonchev–Trinajstić information content (AvgIpc) is 2.18. The average molecular weight is 228 g/mol. The van der Waals surface area contributed by atoms with E-state index < -0.39 is 6.61 Å². The van der Waals surface area contributed by atoms with E-state index in [-0.39, 0.29) is 11.5 Å². The van der Waals surface area contributed by atoms with Gasteiger partial charge in [0.15, 0.2) is 5.78 Å². The van der Waals surface area contributed by atoms with Crippen molar-refractivity contribution in [3.63, 3.8) is 0 Å². The van der Waals surface area contributed by atoms with Crippen molar-refractivity contribution >= 4 is 5.78 Å². The molecule has 0 N–H and O–H groups in total. The molecule has 0 aliphatic rings. The summed E-state index contributed by atoms with van der Waals surface area (Å²) in [4.78, 5) is 11.4. The third-order valence-corrected chi connectivity index (χ3v) is 2.40. The van der Waals surface area contributed by atoms with Gasteiger partial charge < -0.3 is 4.74 Å². The van der Waals surface area contributed by atoms with Crippen LogP contribution in [0.4, 0.5) is 8.78 Å². The fourth-order valence-corrected chi connectivity index (χ4v) is 1.79. The molecule has 16 heavy (non-hydrogen) atoms. The predicted octanol–water partition coefficient (Wildman–Crippen LogP) is 3.36. The van der Waals surface area contributed by atoms with Gasteiger partial charge in [-0.2, -0.15) is 8.78 Å². The summed E-state index contributed by atoms with van der Waals surface area (Å²) in [5.41, 5.74) is 1.82. The molecular formula is C12H14F2O2. The number of alkyl halides is 2. The zero-order valence-corrected chi connectivity index (χ0v) is 9.51. The first-order chi connectivity index (χ1) is 7.47. The van der Waals surface area contributed by atoms with Crippen LogP contribution in [0.1, 0.15) is 35.3 Å². The van der Waals surface area contributed by atoms with Crippen LogP contribution in [0, 0.1) is 6.92 Å². The normalized spacial score (nSPS) is 10.6. The molecular weight excluding hydrogens is 214 g/mol. The number of carbonyl (C=O) groups is 1. The van der Waals surface area contributed by atoms with Crippen molar-refractivity contribution in [1.29, 1.82) is 0 Å². The molecule has 0 amide bonds. The van der Waals surface area contributed by atoms with Gasteiger partial charge in [0.05, 0.1) is 0 Å². The van der Waals surface area contributed by atoms with Crippen molar-refractivity contribution in [2.45, 2.75) is 33.8 Å². The number of ether oxygens (including phenoxy) is 1. The van der Waals surface area contributed by atoms with E-state index in [9.17, 15) is 13.6 Å². The molecule has 88 valence electrons. The van der Waals surface area contributed by atoms with E-state index in [0.29, 0.717) is 17.5 Å². The maximum absolute atomic E-state index is 12.2. The van der Waals surface area contributed by atoms with Gasteiger partial charge in [-0.05, 0) is 31.9 Å². The Morgan fingerprint density at radius 1 is 1.44 bits per heavy atom. The lowest BCUT2D eigenvalue weighted by atomic mass is 9.96. The van der Waals surface area contributed by atoms with E-state index in [0.717, 1.165) is 5.56 Å². The highest BCUT2D eigenvalue weighted by Crippen LogP contribution is 2.27. The Morgan fingerprint density at radius 2 is 2.06 bits per heavy atom. The minimum Gasteiger partial charge on any atom is -0.435 e. The van der Waals surface area contributed by atoms with Crippen molar-refractivity contribution in [3.8, 4) is 5.75 Å². The lowest BCUT2D eigenvalue weighted by Crippen LogP contribution is -2.09. The molecule has 0 bridgehead atoms. The molecule has 0 aromatic heterocycles. The first-order valence-corrected chi connectivity index (χ1v) is 5.05. The standard InChI is InChI=1S/C12H14F2O2/c1-4-9-10(16-12(13)14)6-5-7(2)11(9)8(3)15/h5-6,12H,4H2,1-3H3. The highest BCUT2D eigenvalue weighted by Gasteiger charge is 2.16. The number of benzene rings is 1. The number of aryl methyl sites for hydroxylation is 1. The summed E-state index contributed by atoms with van der Waals surface area (Å²) in [6, 6.07) is 3.10. The van der Waals surface area contributed by atoms with Crippen molar-refractivity contribution in [3.05, 3.63) is 28.8 Å². The van der Waals surface area contributed by atoms with Gasteiger partial charge in [0.1, 0.15) is 5.75 Å². The van der Waals surface area contributed by atoms with Gasteiger partial charge in [0.25, 0.3) is 0 Å². The summed E-state index contributed by atoms with van der Waals surface area (Å²) < 4.78 is 28.7. The largest absolute Gasteiger partial charge is 0.435 e. The summed E-state index contributed by atoms with van der Waals surface area (Å²) in [7, 11) is 0. The Bertz CT molecular complexity index is 400. The molecule has 0 saturated carbocycles. The molecule has 0 radical (unpaired) electrons. The SMILES string of the molecule is CCc1c(OC(F)F)ccc(C)c1C(C)=O. The maximum atomic E-state index is 12.2. The summed E-state index contributed by atoms with van der Waals surface area (Å²) in [6.45, 7) is 2.14. The summed E-state index contributed by atoms with van der Waals surface area (Å²) in [5, 5.41) is 0. The number of hydrogen-bond acceptors (Lipinski definition) is 2. The minimum absolute atomic E-state index is 0.0910. The molecule has 1 aromatic rings. The third-order valence-electron chi connectivity index (χ3n) is 2.40. The summed E-state index contributed by atoms with van der Waals surface area (Å²) >= 11 is 0. The molecule has 1 aromatic carbocycles. The second-order valence-electron chi connectivity index (χ2n) is 3.52. The van der Waals surface area contributed by atoms with E-state index >= 15 is 0 Å². The van der Waals surface area contributed by atoms with Crippen molar-refractivity contribution in [2.24, 2.45) is 0 Å². The van der Waals surface area contributed by atoms with Crippen LogP contribution in [-0.4, -0.2) is 12.4 Å². The van der Waals surface area contributed by atoms with Gasteiger partial charge in [-0.3, -0.25) is 4.79 Å². The first kappa shape index (κ1) is 12.6. The van der Waals surface area contributed by atoms with Crippen molar-refractivity contribution < 1.29 is 18.3 Å². The monoisotopic (exact) mass is 228 g/mol. The first-order valence-electron chi connectivity index (χ1n) is 5.05. The number of Topliss-reactive ketones (excluding diaryl/α,β-unsaturated/α-hetero) is 1. The van der Waals surface area contributed by atoms with Crippen LogP contribution < -0.4 is 4.74 Å². The maximum Gasteiger partial charge on any atom is 0.387 e.